The molecule has 0 aliphatic rings. The first-order valence-electron chi connectivity index (χ1n) is 7.51. The molecular formula is C17H26N2O2. The molecule has 1 rings (SSSR count). The maximum atomic E-state index is 12.3. The molecule has 1 atom stereocenters. The van der Waals surface area contributed by atoms with Crippen molar-refractivity contribution in [2.75, 3.05) is 0 Å². The zero-order valence-corrected chi connectivity index (χ0v) is 13.4. The monoisotopic (exact) mass is 290 g/mol. The van der Waals surface area contributed by atoms with Crippen LogP contribution in [0.3, 0.4) is 0 Å². The first kappa shape index (κ1) is 17.2. The Morgan fingerprint density at radius 3 is 2.24 bits per heavy atom. The number of amides is 2. The second-order valence-corrected chi connectivity index (χ2v) is 6.37. The Labute approximate surface area is 127 Å². The van der Waals surface area contributed by atoms with Crippen molar-refractivity contribution in [2.45, 2.75) is 47.0 Å². The predicted molar refractivity (Wildman–Crippen MR) is 84.5 cm³/mol. The van der Waals surface area contributed by atoms with E-state index in [1.54, 1.807) is 24.3 Å². The van der Waals surface area contributed by atoms with Gasteiger partial charge in [-0.1, -0.05) is 58.7 Å². The molecule has 0 radical (unpaired) electrons. The van der Waals surface area contributed by atoms with Gasteiger partial charge in [0.1, 0.15) is 0 Å². The summed E-state index contributed by atoms with van der Waals surface area (Å²) in [6, 6.07) is 8.83. The second-order valence-electron chi connectivity index (χ2n) is 6.37. The van der Waals surface area contributed by atoms with Crippen LogP contribution >= 0.6 is 0 Å². The van der Waals surface area contributed by atoms with Crippen molar-refractivity contribution in [3.8, 4) is 0 Å². The van der Waals surface area contributed by atoms with Crippen molar-refractivity contribution >= 4 is 11.8 Å². The minimum Gasteiger partial charge on any atom is -0.273 e. The Kier molecular flexibility index (Phi) is 6.40. The standard InChI is InChI=1S/C17H26N2O2/c1-5-6-12-14(17(2,3)4)16(21)19-18-15(20)13-10-8-7-9-11-13/h7-11,14H,5-6,12H2,1-4H3,(H,18,20)(H,19,21). The van der Waals surface area contributed by atoms with Crippen LogP contribution in [0.25, 0.3) is 0 Å². The van der Waals surface area contributed by atoms with Crippen LogP contribution in [-0.4, -0.2) is 11.8 Å². The molecule has 0 bridgehead atoms. The van der Waals surface area contributed by atoms with E-state index < -0.39 is 0 Å². The molecule has 2 N–H and O–H groups in total. The molecule has 0 heterocycles. The van der Waals surface area contributed by atoms with Crippen LogP contribution in [0.5, 0.6) is 0 Å². The molecule has 0 aromatic heterocycles. The number of hydrogen-bond donors (Lipinski definition) is 2. The maximum absolute atomic E-state index is 12.3. The molecule has 4 heteroatoms. The van der Waals surface area contributed by atoms with Crippen molar-refractivity contribution in [1.29, 1.82) is 0 Å². The third-order valence-corrected chi connectivity index (χ3v) is 3.54. The zero-order chi connectivity index (χ0) is 15.9. The average Bonchev–Trinajstić information content (AvgIpc) is 2.44. The second kappa shape index (κ2) is 7.81. The molecule has 0 spiro atoms. The quantitative estimate of drug-likeness (QED) is 0.817. The topological polar surface area (TPSA) is 58.2 Å². The Balaban J connectivity index is 2.59. The molecule has 4 nitrogen and oxygen atoms in total. The van der Waals surface area contributed by atoms with Gasteiger partial charge >= 0.3 is 0 Å². The van der Waals surface area contributed by atoms with Gasteiger partial charge in [0.15, 0.2) is 0 Å². The Hall–Kier alpha value is -1.84. The summed E-state index contributed by atoms with van der Waals surface area (Å²) < 4.78 is 0. The number of nitrogens with one attached hydrogen (secondary N) is 2. The number of unbranched alkanes of at least 4 members (excludes halogenated alkanes) is 1. The van der Waals surface area contributed by atoms with Gasteiger partial charge in [0.05, 0.1) is 0 Å². The average molecular weight is 290 g/mol. The van der Waals surface area contributed by atoms with Crippen molar-refractivity contribution < 1.29 is 9.59 Å². The summed E-state index contributed by atoms with van der Waals surface area (Å²) in [7, 11) is 0. The highest BCUT2D eigenvalue weighted by atomic mass is 16.2. The van der Waals surface area contributed by atoms with Crippen molar-refractivity contribution in [2.24, 2.45) is 11.3 Å². The number of hydrazine groups is 1. The summed E-state index contributed by atoms with van der Waals surface area (Å²) in [5, 5.41) is 0. The zero-order valence-electron chi connectivity index (χ0n) is 13.4. The lowest BCUT2D eigenvalue weighted by molar-refractivity contribution is -0.129. The minimum absolute atomic E-state index is 0.117. The fourth-order valence-corrected chi connectivity index (χ4v) is 2.23. The van der Waals surface area contributed by atoms with Gasteiger partial charge in [-0.2, -0.15) is 0 Å². The Morgan fingerprint density at radius 1 is 1.10 bits per heavy atom. The molecule has 1 aromatic rings. The van der Waals surface area contributed by atoms with Crippen LogP contribution in [0.4, 0.5) is 0 Å². The summed E-state index contributed by atoms with van der Waals surface area (Å²) in [4.78, 5) is 24.2. The summed E-state index contributed by atoms with van der Waals surface area (Å²) in [5.41, 5.74) is 5.45. The number of carbonyl (C=O) groups is 2. The van der Waals surface area contributed by atoms with Crippen molar-refractivity contribution in [1.82, 2.24) is 10.9 Å². The predicted octanol–water partition coefficient (Wildman–Crippen LogP) is 3.30. The largest absolute Gasteiger partial charge is 0.273 e. The number of hydrogen-bond acceptors (Lipinski definition) is 2. The van der Waals surface area contributed by atoms with Crippen LogP contribution in [0.1, 0.15) is 57.3 Å². The van der Waals surface area contributed by atoms with Crippen molar-refractivity contribution in [3.05, 3.63) is 35.9 Å². The molecule has 116 valence electrons. The van der Waals surface area contributed by atoms with Gasteiger partial charge in [-0.15, -0.1) is 0 Å². The van der Waals surface area contributed by atoms with Crippen LogP contribution in [-0.2, 0) is 4.79 Å². The first-order chi connectivity index (χ1) is 9.86. The molecule has 1 unspecified atom stereocenters. The van der Waals surface area contributed by atoms with E-state index in [1.165, 1.54) is 0 Å². The minimum atomic E-state index is -0.299. The Morgan fingerprint density at radius 2 is 1.71 bits per heavy atom. The van der Waals surface area contributed by atoms with Gasteiger partial charge in [0.25, 0.3) is 5.91 Å². The molecule has 0 aliphatic carbocycles. The molecule has 0 fully saturated rings. The van der Waals surface area contributed by atoms with E-state index in [-0.39, 0.29) is 23.1 Å². The highest BCUT2D eigenvalue weighted by Crippen LogP contribution is 2.30. The van der Waals surface area contributed by atoms with Gasteiger partial charge in [0, 0.05) is 11.5 Å². The summed E-state index contributed by atoms with van der Waals surface area (Å²) in [6.45, 7) is 8.25. The maximum Gasteiger partial charge on any atom is 0.269 e. The third-order valence-electron chi connectivity index (χ3n) is 3.54. The lowest BCUT2D eigenvalue weighted by atomic mass is 9.77. The number of rotatable bonds is 5. The van der Waals surface area contributed by atoms with Crippen LogP contribution in [0, 0.1) is 11.3 Å². The highest BCUT2D eigenvalue weighted by Gasteiger charge is 2.30. The van der Waals surface area contributed by atoms with Crippen LogP contribution in [0.15, 0.2) is 30.3 Å². The molecular weight excluding hydrogens is 264 g/mol. The van der Waals surface area contributed by atoms with E-state index in [1.807, 2.05) is 26.8 Å². The SMILES string of the molecule is CCCCC(C(=O)NNC(=O)c1ccccc1)C(C)(C)C. The van der Waals surface area contributed by atoms with Gasteiger partial charge in [0.2, 0.25) is 5.91 Å². The van der Waals surface area contributed by atoms with E-state index in [2.05, 4.69) is 17.8 Å². The van der Waals surface area contributed by atoms with Crippen LogP contribution in [0.2, 0.25) is 0 Å². The molecule has 0 aliphatic heterocycles. The van der Waals surface area contributed by atoms with E-state index in [0.717, 1.165) is 19.3 Å². The van der Waals surface area contributed by atoms with Crippen LogP contribution < -0.4 is 10.9 Å². The van der Waals surface area contributed by atoms with Gasteiger partial charge in [-0.25, -0.2) is 0 Å². The fourth-order valence-electron chi connectivity index (χ4n) is 2.23. The summed E-state index contributed by atoms with van der Waals surface area (Å²) >= 11 is 0. The van der Waals surface area contributed by atoms with E-state index in [4.69, 9.17) is 0 Å². The van der Waals surface area contributed by atoms with E-state index >= 15 is 0 Å². The smallest absolute Gasteiger partial charge is 0.269 e. The summed E-state index contributed by atoms with van der Waals surface area (Å²) in [6.07, 6.45) is 2.88. The molecule has 1 aromatic carbocycles. The van der Waals surface area contributed by atoms with Crippen molar-refractivity contribution in [3.63, 3.8) is 0 Å². The molecule has 0 saturated heterocycles. The van der Waals surface area contributed by atoms with Gasteiger partial charge in [-0.05, 0) is 24.0 Å². The molecule has 21 heavy (non-hydrogen) atoms. The number of benzene rings is 1. The van der Waals surface area contributed by atoms with Gasteiger partial charge < -0.3 is 0 Å². The third kappa shape index (κ3) is 5.58. The molecule has 2 amide bonds. The Bertz CT molecular complexity index is 463. The normalized spacial score (nSPS) is 12.6. The number of carbonyl (C=O) groups excluding carboxylic acids is 2. The van der Waals surface area contributed by atoms with Gasteiger partial charge in [-0.3, -0.25) is 20.4 Å². The van der Waals surface area contributed by atoms with E-state index in [0.29, 0.717) is 5.56 Å². The van der Waals surface area contributed by atoms with E-state index in [9.17, 15) is 9.59 Å². The highest BCUT2D eigenvalue weighted by molar-refractivity contribution is 5.95. The lowest BCUT2D eigenvalue weighted by Crippen LogP contribution is -2.47. The summed E-state index contributed by atoms with van der Waals surface area (Å²) in [5.74, 6) is -0.541. The molecule has 0 saturated carbocycles. The lowest BCUT2D eigenvalue weighted by Gasteiger charge is -2.29. The fraction of sp³-hybridized carbons (Fsp3) is 0.529. The first-order valence-corrected chi connectivity index (χ1v) is 7.51.